The van der Waals surface area contributed by atoms with Crippen LogP contribution >= 0.6 is 0 Å². The predicted octanol–water partition coefficient (Wildman–Crippen LogP) is 1.38. The van der Waals surface area contributed by atoms with Gasteiger partial charge in [0.25, 0.3) is 0 Å². The van der Waals surface area contributed by atoms with Crippen molar-refractivity contribution in [3.8, 4) is 0 Å². The summed E-state index contributed by atoms with van der Waals surface area (Å²) in [5, 5.41) is 9.15. The second-order valence-electron chi connectivity index (χ2n) is 2.43. The van der Waals surface area contributed by atoms with Crippen LogP contribution in [0.25, 0.3) is 6.08 Å². The van der Waals surface area contributed by atoms with Gasteiger partial charge in [-0.2, -0.15) is 0 Å². The van der Waals surface area contributed by atoms with Crippen molar-refractivity contribution in [1.82, 2.24) is 0 Å². The van der Waals surface area contributed by atoms with Crippen LogP contribution in [-0.4, -0.2) is 9.38 Å². The van der Waals surface area contributed by atoms with Crippen molar-refractivity contribution in [1.29, 1.82) is 0 Å². The Hall–Kier alpha value is -1.35. The molecule has 0 bridgehead atoms. The van der Waals surface area contributed by atoms with E-state index in [1.54, 1.807) is 18.2 Å². The minimum atomic E-state index is -0.808. The Labute approximate surface area is 90.5 Å². The van der Waals surface area contributed by atoms with E-state index in [4.69, 9.17) is 0 Å². The zero-order valence-electron chi connectivity index (χ0n) is 7.34. The first-order chi connectivity index (χ1) is 6.68. The molecule has 0 amide bonds. The van der Waals surface area contributed by atoms with E-state index in [1.807, 2.05) is 18.2 Å². The molecular formula is C9H6NO3Zn-. The van der Waals surface area contributed by atoms with Gasteiger partial charge in [-0.25, -0.2) is 0 Å². The van der Waals surface area contributed by atoms with Crippen LogP contribution in [-0.2, 0) is 22.7 Å². The summed E-state index contributed by atoms with van der Waals surface area (Å²) >= 11 is 0.602. The van der Waals surface area contributed by atoms with Crippen LogP contribution in [0.2, 0.25) is 0 Å². The van der Waals surface area contributed by atoms with Crippen LogP contribution in [0.4, 0.5) is 0 Å². The molecular weight excluding hydrogens is 235 g/mol. The van der Waals surface area contributed by atoms with Crippen molar-refractivity contribution in [2.45, 2.75) is 0 Å². The number of rotatable bonds is 4. The number of hydrogen-bond acceptors (Lipinski definition) is 3. The molecule has 4 nitrogen and oxygen atoms in total. The third kappa shape index (κ3) is 4.05. The van der Waals surface area contributed by atoms with E-state index in [9.17, 15) is 10.1 Å². The Morgan fingerprint density at radius 2 is 2.43 bits per heavy atom. The molecule has 1 aromatic carbocycles. The van der Waals surface area contributed by atoms with E-state index in [0.29, 0.717) is 22.1 Å². The predicted molar refractivity (Wildman–Crippen MR) is 47.4 cm³/mol. The van der Waals surface area contributed by atoms with Crippen LogP contribution in [0.15, 0.2) is 30.3 Å². The molecule has 68 valence electrons. The average Bonchev–Trinajstić information content (AvgIpc) is 2.15. The Balaban J connectivity index is 2.56. The fourth-order valence-corrected chi connectivity index (χ4v) is 1.29. The van der Waals surface area contributed by atoms with Gasteiger partial charge in [-0.1, -0.05) is 0 Å². The van der Waals surface area contributed by atoms with Crippen molar-refractivity contribution in [2.24, 2.45) is 0 Å². The van der Waals surface area contributed by atoms with Crippen LogP contribution < -0.4 is 0 Å². The summed E-state index contributed by atoms with van der Waals surface area (Å²) in [6.07, 6.45) is 3.30. The third-order valence-corrected chi connectivity index (χ3v) is 2.14. The molecule has 0 aromatic heterocycles. The van der Waals surface area contributed by atoms with E-state index in [1.165, 1.54) is 0 Å². The first-order valence-corrected chi connectivity index (χ1v) is 5.33. The molecule has 0 aliphatic carbocycles. The number of hydrogen-bond donors (Lipinski definition) is 0. The van der Waals surface area contributed by atoms with Crippen LogP contribution in [0.3, 0.4) is 0 Å². The Morgan fingerprint density at radius 1 is 1.64 bits per heavy atom. The monoisotopic (exact) mass is 240 g/mol. The van der Waals surface area contributed by atoms with Crippen molar-refractivity contribution >= 4 is 10.4 Å². The SMILES string of the molecule is O=[N+]([O-])O[C](=[Zn])/C=C\c1[c-]cccc1. The molecule has 1 rings (SSSR count). The van der Waals surface area contributed by atoms with Crippen molar-refractivity contribution in [3.05, 3.63) is 52.1 Å². The van der Waals surface area contributed by atoms with Crippen LogP contribution in [0.5, 0.6) is 0 Å². The molecule has 0 radical (unpaired) electrons. The third-order valence-electron chi connectivity index (χ3n) is 1.37. The van der Waals surface area contributed by atoms with Gasteiger partial charge in [0.15, 0.2) is 0 Å². The molecule has 0 aliphatic rings. The van der Waals surface area contributed by atoms with Gasteiger partial charge in [-0.3, -0.25) is 0 Å². The zero-order chi connectivity index (χ0) is 10.4. The minimum absolute atomic E-state index is 0.354. The van der Waals surface area contributed by atoms with Crippen LogP contribution in [0, 0.1) is 16.2 Å². The summed E-state index contributed by atoms with van der Waals surface area (Å²) in [4.78, 5) is 14.2. The normalized spacial score (nSPS) is 10.1. The van der Waals surface area contributed by atoms with Crippen LogP contribution in [0.1, 0.15) is 5.56 Å². The Bertz CT molecular complexity index is 362. The molecule has 0 spiro atoms. The van der Waals surface area contributed by atoms with E-state index in [-0.39, 0.29) is 0 Å². The second-order valence-corrected chi connectivity index (χ2v) is 3.89. The maximum atomic E-state index is 9.96. The maximum absolute atomic E-state index is 9.96. The molecule has 0 fully saturated rings. The average molecular weight is 242 g/mol. The summed E-state index contributed by atoms with van der Waals surface area (Å²) in [6, 6.07) is 10.3. The molecule has 0 aliphatic heterocycles. The van der Waals surface area contributed by atoms with Crippen molar-refractivity contribution < 1.29 is 27.8 Å². The molecule has 0 saturated heterocycles. The number of benzene rings is 1. The second kappa shape index (κ2) is 5.40. The van der Waals surface area contributed by atoms with E-state index in [2.05, 4.69) is 10.9 Å². The summed E-state index contributed by atoms with van der Waals surface area (Å²) in [7, 11) is 0. The van der Waals surface area contributed by atoms with Gasteiger partial charge >= 0.3 is 90.2 Å². The first-order valence-electron chi connectivity index (χ1n) is 3.84. The van der Waals surface area contributed by atoms with Gasteiger partial charge in [0.05, 0.1) is 0 Å². The molecule has 0 N–H and O–H groups in total. The van der Waals surface area contributed by atoms with Gasteiger partial charge in [-0.15, -0.1) is 0 Å². The van der Waals surface area contributed by atoms with Crippen molar-refractivity contribution in [2.75, 3.05) is 0 Å². The summed E-state index contributed by atoms with van der Waals surface area (Å²) in [5.41, 5.74) is 0.866. The molecule has 5 heteroatoms. The zero-order valence-corrected chi connectivity index (χ0v) is 10.3. The molecule has 0 unspecified atom stereocenters. The summed E-state index contributed by atoms with van der Waals surface area (Å²) in [6.45, 7) is 0. The molecule has 0 atom stereocenters. The van der Waals surface area contributed by atoms with E-state index >= 15 is 0 Å². The fourth-order valence-electron chi connectivity index (χ4n) is 0.820. The van der Waals surface area contributed by atoms with Crippen molar-refractivity contribution in [3.63, 3.8) is 0 Å². The number of nitrogens with zero attached hydrogens (tertiary/aromatic N) is 1. The quantitative estimate of drug-likeness (QED) is 0.346. The fraction of sp³-hybridized carbons (Fsp3) is 0. The van der Waals surface area contributed by atoms with E-state index < -0.39 is 5.09 Å². The van der Waals surface area contributed by atoms with Gasteiger partial charge < -0.3 is 0 Å². The van der Waals surface area contributed by atoms with Gasteiger partial charge in [0, 0.05) is 0 Å². The topological polar surface area (TPSA) is 52.4 Å². The van der Waals surface area contributed by atoms with Gasteiger partial charge in [-0.05, 0) is 0 Å². The van der Waals surface area contributed by atoms with Gasteiger partial charge in [0.2, 0.25) is 0 Å². The molecule has 0 heterocycles. The molecule has 0 saturated carbocycles. The Kier molecular flexibility index (Phi) is 4.14. The van der Waals surface area contributed by atoms with Gasteiger partial charge in [0.1, 0.15) is 0 Å². The summed E-state index contributed by atoms with van der Waals surface area (Å²) in [5.74, 6) is 0. The summed E-state index contributed by atoms with van der Waals surface area (Å²) < 4.78 is 0.354. The Morgan fingerprint density at radius 3 is 3.00 bits per heavy atom. The molecule has 1 aromatic rings. The first kappa shape index (κ1) is 10.7. The van der Waals surface area contributed by atoms with E-state index in [0.717, 1.165) is 5.56 Å². The molecule has 14 heavy (non-hydrogen) atoms. The standard InChI is InChI=1S/C9H6NO3.Zn/c11-10(12)13-8-4-7-9-5-2-1-3-6-9;/h1-5,7H;/q-1;/b7-4-;.